The van der Waals surface area contributed by atoms with Gasteiger partial charge in [-0.05, 0) is 33.6 Å². The summed E-state index contributed by atoms with van der Waals surface area (Å²) < 4.78 is 5.53. The van der Waals surface area contributed by atoms with Gasteiger partial charge < -0.3 is 10.1 Å². The fourth-order valence-corrected chi connectivity index (χ4v) is 2.97. The van der Waals surface area contributed by atoms with E-state index < -0.39 is 0 Å². The second-order valence-corrected chi connectivity index (χ2v) is 6.22. The lowest BCUT2D eigenvalue weighted by Crippen LogP contribution is -2.55. The Hall–Kier alpha value is -0.650. The largest absolute Gasteiger partial charge is 0.376 e. The zero-order valence-electron chi connectivity index (χ0n) is 13.1. The number of carbonyl (C=O) groups is 1. The highest BCUT2D eigenvalue weighted by atomic mass is 16.5. The maximum absolute atomic E-state index is 12.2. The topological polar surface area (TPSA) is 44.8 Å². The Balaban J connectivity index is 1.70. The van der Waals surface area contributed by atoms with Gasteiger partial charge in [-0.15, -0.1) is 0 Å². The molecule has 0 saturated carbocycles. The number of carbonyl (C=O) groups excluding carboxylic acids is 1. The summed E-state index contributed by atoms with van der Waals surface area (Å²) in [6.45, 7) is 12.0. The third-order valence-electron chi connectivity index (χ3n) is 4.53. The van der Waals surface area contributed by atoms with E-state index in [0.717, 1.165) is 45.6 Å². The van der Waals surface area contributed by atoms with Crippen molar-refractivity contribution in [1.82, 2.24) is 15.1 Å². The number of piperazine rings is 1. The number of nitrogens with one attached hydrogen (secondary N) is 1. The summed E-state index contributed by atoms with van der Waals surface area (Å²) in [5.74, 6) is 0.137. The molecule has 1 amide bonds. The Kier molecular flexibility index (Phi) is 5.81. The van der Waals surface area contributed by atoms with Crippen molar-refractivity contribution in [2.24, 2.45) is 0 Å². The minimum atomic E-state index is -0.0364. The molecule has 0 spiro atoms. The van der Waals surface area contributed by atoms with E-state index in [-0.39, 0.29) is 18.1 Å². The first-order valence-corrected chi connectivity index (χ1v) is 7.95. The SMILES string of the molecule is CC(C)N1CCN(C(C)C(=O)NCC2CCCO2)CC1. The van der Waals surface area contributed by atoms with E-state index in [1.165, 1.54) is 0 Å². The molecule has 2 heterocycles. The van der Waals surface area contributed by atoms with Crippen LogP contribution < -0.4 is 5.32 Å². The average molecular weight is 283 g/mol. The molecule has 2 aliphatic rings. The lowest BCUT2D eigenvalue weighted by molar-refractivity contribution is -0.127. The molecule has 1 N–H and O–H groups in total. The van der Waals surface area contributed by atoms with E-state index in [1.807, 2.05) is 6.92 Å². The highest BCUT2D eigenvalue weighted by molar-refractivity contribution is 5.81. The van der Waals surface area contributed by atoms with E-state index in [4.69, 9.17) is 4.74 Å². The molecule has 0 aliphatic carbocycles. The van der Waals surface area contributed by atoms with Gasteiger partial charge in [-0.1, -0.05) is 0 Å². The molecule has 5 nitrogen and oxygen atoms in total. The molecule has 0 radical (unpaired) electrons. The van der Waals surface area contributed by atoms with E-state index in [0.29, 0.717) is 12.6 Å². The van der Waals surface area contributed by atoms with Gasteiger partial charge in [0.25, 0.3) is 0 Å². The van der Waals surface area contributed by atoms with Crippen molar-refractivity contribution in [1.29, 1.82) is 0 Å². The summed E-state index contributed by atoms with van der Waals surface area (Å²) in [6.07, 6.45) is 2.42. The molecule has 0 bridgehead atoms. The Morgan fingerprint density at radius 3 is 2.40 bits per heavy atom. The molecular weight excluding hydrogens is 254 g/mol. The van der Waals surface area contributed by atoms with E-state index in [9.17, 15) is 4.79 Å². The zero-order chi connectivity index (χ0) is 14.5. The molecule has 2 aliphatic heterocycles. The van der Waals surface area contributed by atoms with Gasteiger partial charge in [0.15, 0.2) is 0 Å². The molecule has 2 rings (SSSR count). The average Bonchev–Trinajstić information content (AvgIpc) is 2.97. The lowest BCUT2D eigenvalue weighted by atomic mass is 10.2. The summed E-state index contributed by atoms with van der Waals surface area (Å²) in [5, 5.41) is 3.04. The first-order chi connectivity index (χ1) is 9.58. The number of ether oxygens (including phenoxy) is 1. The Bertz CT molecular complexity index is 308. The number of hydrogen-bond acceptors (Lipinski definition) is 4. The zero-order valence-corrected chi connectivity index (χ0v) is 13.1. The Morgan fingerprint density at radius 2 is 1.85 bits per heavy atom. The van der Waals surface area contributed by atoms with Gasteiger partial charge in [-0.3, -0.25) is 14.6 Å². The minimum Gasteiger partial charge on any atom is -0.376 e. The van der Waals surface area contributed by atoms with Crippen molar-refractivity contribution in [3.05, 3.63) is 0 Å². The van der Waals surface area contributed by atoms with Crippen LogP contribution in [0, 0.1) is 0 Å². The van der Waals surface area contributed by atoms with Crippen molar-refractivity contribution in [3.8, 4) is 0 Å². The molecule has 0 aromatic rings. The normalized spacial score (nSPS) is 26.9. The van der Waals surface area contributed by atoms with E-state index >= 15 is 0 Å². The molecule has 20 heavy (non-hydrogen) atoms. The van der Waals surface area contributed by atoms with Gasteiger partial charge in [0.2, 0.25) is 5.91 Å². The third kappa shape index (κ3) is 4.17. The van der Waals surface area contributed by atoms with Crippen LogP contribution in [0.2, 0.25) is 0 Å². The van der Waals surface area contributed by atoms with Crippen LogP contribution in [-0.4, -0.2) is 73.2 Å². The maximum atomic E-state index is 12.2. The van der Waals surface area contributed by atoms with Gasteiger partial charge >= 0.3 is 0 Å². The molecule has 0 aromatic carbocycles. The Morgan fingerprint density at radius 1 is 1.20 bits per heavy atom. The first-order valence-electron chi connectivity index (χ1n) is 7.95. The highest BCUT2D eigenvalue weighted by Gasteiger charge is 2.27. The second-order valence-electron chi connectivity index (χ2n) is 6.22. The maximum Gasteiger partial charge on any atom is 0.237 e. The van der Waals surface area contributed by atoms with Gasteiger partial charge in [0.1, 0.15) is 0 Å². The van der Waals surface area contributed by atoms with Crippen LogP contribution in [-0.2, 0) is 9.53 Å². The fourth-order valence-electron chi connectivity index (χ4n) is 2.97. The summed E-state index contributed by atoms with van der Waals surface area (Å²) in [6, 6.07) is 0.562. The van der Waals surface area contributed by atoms with Crippen LogP contribution >= 0.6 is 0 Å². The van der Waals surface area contributed by atoms with Gasteiger partial charge in [0, 0.05) is 45.4 Å². The van der Waals surface area contributed by atoms with Crippen LogP contribution in [0.5, 0.6) is 0 Å². The summed E-state index contributed by atoms with van der Waals surface area (Å²) in [5.41, 5.74) is 0. The molecule has 2 atom stereocenters. The van der Waals surface area contributed by atoms with Gasteiger partial charge in [-0.2, -0.15) is 0 Å². The number of amides is 1. The third-order valence-corrected chi connectivity index (χ3v) is 4.53. The molecule has 5 heteroatoms. The molecule has 0 aromatic heterocycles. The quantitative estimate of drug-likeness (QED) is 0.806. The monoisotopic (exact) mass is 283 g/mol. The smallest absolute Gasteiger partial charge is 0.237 e. The molecular formula is C15H29N3O2. The van der Waals surface area contributed by atoms with Crippen LogP contribution in [0.1, 0.15) is 33.6 Å². The number of nitrogens with zero attached hydrogens (tertiary/aromatic N) is 2. The standard InChI is InChI=1S/C15H29N3O2/c1-12(2)17-6-8-18(9-7-17)13(3)15(19)16-11-14-5-4-10-20-14/h12-14H,4-11H2,1-3H3,(H,16,19). The minimum absolute atomic E-state index is 0.0364. The first kappa shape index (κ1) is 15.7. The van der Waals surface area contributed by atoms with Crippen molar-refractivity contribution in [2.75, 3.05) is 39.3 Å². The van der Waals surface area contributed by atoms with Crippen molar-refractivity contribution >= 4 is 5.91 Å². The fraction of sp³-hybridized carbons (Fsp3) is 0.933. The Labute approximate surface area is 122 Å². The van der Waals surface area contributed by atoms with Crippen LogP contribution in [0.3, 0.4) is 0 Å². The number of rotatable bonds is 5. The van der Waals surface area contributed by atoms with Crippen molar-refractivity contribution < 1.29 is 9.53 Å². The number of hydrogen-bond donors (Lipinski definition) is 1. The lowest BCUT2D eigenvalue weighted by Gasteiger charge is -2.39. The molecule has 116 valence electrons. The van der Waals surface area contributed by atoms with Crippen LogP contribution in [0.15, 0.2) is 0 Å². The summed E-state index contributed by atoms with van der Waals surface area (Å²) >= 11 is 0. The summed E-state index contributed by atoms with van der Waals surface area (Å²) in [7, 11) is 0. The van der Waals surface area contributed by atoms with E-state index in [1.54, 1.807) is 0 Å². The predicted molar refractivity (Wildman–Crippen MR) is 79.7 cm³/mol. The molecule has 2 saturated heterocycles. The van der Waals surface area contributed by atoms with Gasteiger partial charge in [0.05, 0.1) is 12.1 Å². The van der Waals surface area contributed by atoms with E-state index in [2.05, 4.69) is 29.0 Å². The van der Waals surface area contributed by atoms with Crippen molar-refractivity contribution in [2.45, 2.75) is 51.8 Å². The van der Waals surface area contributed by atoms with Crippen LogP contribution in [0.25, 0.3) is 0 Å². The van der Waals surface area contributed by atoms with Gasteiger partial charge in [-0.25, -0.2) is 0 Å². The highest BCUT2D eigenvalue weighted by Crippen LogP contribution is 2.12. The predicted octanol–water partition coefficient (Wildman–Crippen LogP) is 0.696. The second kappa shape index (κ2) is 7.38. The summed E-state index contributed by atoms with van der Waals surface area (Å²) in [4.78, 5) is 16.9. The van der Waals surface area contributed by atoms with Crippen LogP contribution in [0.4, 0.5) is 0 Å². The molecule has 2 fully saturated rings. The molecule has 2 unspecified atom stereocenters. The van der Waals surface area contributed by atoms with Crippen molar-refractivity contribution in [3.63, 3.8) is 0 Å².